The van der Waals surface area contributed by atoms with Gasteiger partial charge in [-0.05, 0) is 72.7 Å². The Morgan fingerprint density at radius 2 is 1.80 bits per heavy atom. The first kappa shape index (κ1) is 30.3. The van der Waals surface area contributed by atoms with Crippen LogP contribution in [0.3, 0.4) is 0 Å². The van der Waals surface area contributed by atoms with Gasteiger partial charge in [0.25, 0.3) is 5.69 Å². The van der Waals surface area contributed by atoms with Crippen LogP contribution in [0.15, 0.2) is 95.6 Å². The van der Waals surface area contributed by atoms with E-state index in [1.807, 2.05) is 42.5 Å². The highest BCUT2D eigenvalue weighted by atomic mass is 16.6. The highest BCUT2D eigenvalue weighted by Crippen LogP contribution is 2.51. The number of amides is 2. The number of nitro groups is 1. The van der Waals surface area contributed by atoms with Crippen LogP contribution in [0.25, 0.3) is 6.08 Å². The van der Waals surface area contributed by atoms with Gasteiger partial charge in [0.2, 0.25) is 11.8 Å². The third-order valence-corrected chi connectivity index (χ3v) is 9.03. The fourth-order valence-corrected chi connectivity index (χ4v) is 7.01. The topological polar surface area (TPSA) is 119 Å². The van der Waals surface area contributed by atoms with Crippen molar-refractivity contribution in [3.8, 4) is 11.5 Å². The Morgan fingerprint density at radius 3 is 2.53 bits per heavy atom. The third-order valence-electron chi connectivity index (χ3n) is 9.03. The number of carbonyl (C=O) groups is 2. The van der Waals surface area contributed by atoms with Crippen molar-refractivity contribution in [3.63, 3.8) is 0 Å². The number of phenolic OH excluding ortho intramolecular Hbond substituents is 1. The summed E-state index contributed by atoms with van der Waals surface area (Å²) in [7, 11) is 0. The van der Waals surface area contributed by atoms with Crippen LogP contribution in [0.1, 0.15) is 44.6 Å². The van der Waals surface area contributed by atoms with Crippen molar-refractivity contribution in [1.82, 2.24) is 0 Å². The van der Waals surface area contributed by atoms with Crippen LogP contribution in [0.2, 0.25) is 0 Å². The minimum absolute atomic E-state index is 0.175. The molecule has 2 fully saturated rings. The largest absolute Gasteiger partial charge is 0.508 e. The Balaban J connectivity index is 1.29. The molecule has 0 bridgehead atoms. The molecule has 2 saturated heterocycles. The van der Waals surface area contributed by atoms with Gasteiger partial charge < -0.3 is 14.6 Å². The summed E-state index contributed by atoms with van der Waals surface area (Å²) in [6, 6.07) is 22.3. The molecule has 0 aromatic heterocycles. The molecule has 0 radical (unpaired) electrons. The number of phenols is 1. The second-order valence-electron chi connectivity index (χ2n) is 11.9. The van der Waals surface area contributed by atoms with E-state index >= 15 is 0 Å². The lowest BCUT2D eigenvalue weighted by molar-refractivity contribution is -0.384. The van der Waals surface area contributed by atoms with E-state index in [0.717, 1.165) is 47.3 Å². The van der Waals surface area contributed by atoms with E-state index in [4.69, 9.17) is 9.47 Å². The van der Waals surface area contributed by atoms with E-state index in [2.05, 4.69) is 13.0 Å². The standard InChI is InChI=1S/C36H36N2O7/c1-2-7-23(18-24-12-15-28(39)16-13-24)14-17-32-33-25(21-44-29-10-4-3-5-11-29)19-30-34(31(33)22-45-32)36(41)37(35(30)40)26-8-6-9-27(20-26)38(42)43/h3-6,8-13,15-16,18,20,30-32,34,39H,2,7,14,17,19,21-22H2,1H3/b23-18+/t30-,31+,32-,34-/m1/s1. The Kier molecular flexibility index (Phi) is 8.80. The number of ether oxygens (including phenoxy) is 2. The molecule has 2 aliphatic heterocycles. The summed E-state index contributed by atoms with van der Waals surface area (Å²) >= 11 is 0. The summed E-state index contributed by atoms with van der Waals surface area (Å²) in [6.07, 6.45) is 5.74. The Morgan fingerprint density at radius 1 is 1.02 bits per heavy atom. The maximum atomic E-state index is 13.9. The van der Waals surface area contributed by atoms with Gasteiger partial charge in [-0.3, -0.25) is 19.7 Å². The van der Waals surface area contributed by atoms with E-state index in [1.54, 1.807) is 18.2 Å². The van der Waals surface area contributed by atoms with E-state index in [1.165, 1.54) is 23.8 Å². The first-order valence-electron chi connectivity index (χ1n) is 15.5. The van der Waals surface area contributed by atoms with Crippen molar-refractivity contribution in [3.05, 3.63) is 111 Å². The van der Waals surface area contributed by atoms with Gasteiger partial charge in [-0.2, -0.15) is 0 Å². The van der Waals surface area contributed by atoms with Crippen LogP contribution < -0.4 is 9.64 Å². The number of para-hydroxylation sites is 1. The van der Waals surface area contributed by atoms with Gasteiger partial charge >= 0.3 is 0 Å². The van der Waals surface area contributed by atoms with Crippen LogP contribution >= 0.6 is 0 Å². The Hall–Kier alpha value is -4.76. The number of fused-ring (bicyclic) bond motifs is 3. The molecule has 4 atom stereocenters. The first-order valence-corrected chi connectivity index (χ1v) is 15.5. The molecule has 6 rings (SSSR count). The number of allylic oxidation sites excluding steroid dienone is 1. The fourth-order valence-electron chi connectivity index (χ4n) is 7.01. The summed E-state index contributed by atoms with van der Waals surface area (Å²) in [5.41, 5.74) is 4.37. The number of benzene rings is 3. The highest BCUT2D eigenvalue weighted by Gasteiger charge is 2.57. The SMILES string of the molecule is CCC/C(=C\c1ccc(O)cc1)CC[C@H]1OC[C@H]2C1=C(COc1ccccc1)C[C@H]1C(=O)N(c3cccc([N+](=O)[O-])c3)C(=O)[C@H]12. The van der Waals surface area contributed by atoms with E-state index in [9.17, 15) is 24.8 Å². The van der Waals surface area contributed by atoms with E-state index < -0.39 is 16.8 Å². The van der Waals surface area contributed by atoms with Crippen molar-refractivity contribution >= 4 is 29.3 Å². The zero-order valence-corrected chi connectivity index (χ0v) is 25.1. The molecule has 3 aromatic carbocycles. The summed E-state index contributed by atoms with van der Waals surface area (Å²) in [6.45, 7) is 2.75. The fraction of sp³-hybridized carbons (Fsp3) is 0.333. The average Bonchev–Trinajstić information content (AvgIpc) is 3.58. The minimum atomic E-state index is -0.597. The molecule has 9 nitrogen and oxygen atoms in total. The van der Waals surface area contributed by atoms with E-state index in [0.29, 0.717) is 18.8 Å². The molecule has 3 aliphatic rings. The number of imide groups is 1. The number of nitro benzene ring substituents is 1. The molecule has 0 saturated carbocycles. The lowest BCUT2D eigenvalue weighted by Crippen LogP contribution is -2.35. The van der Waals surface area contributed by atoms with Crippen LogP contribution in [0.4, 0.5) is 11.4 Å². The molecule has 9 heteroatoms. The molecule has 0 spiro atoms. The van der Waals surface area contributed by atoms with Crippen LogP contribution in [0, 0.1) is 27.9 Å². The minimum Gasteiger partial charge on any atom is -0.508 e. The van der Waals surface area contributed by atoms with Gasteiger partial charge in [-0.15, -0.1) is 0 Å². The van der Waals surface area contributed by atoms with Crippen LogP contribution in [-0.4, -0.2) is 41.2 Å². The lowest BCUT2D eigenvalue weighted by atomic mass is 9.69. The smallest absolute Gasteiger partial charge is 0.271 e. The normalized spacial score (nSPS) is 22.9. The van der Waals surface area contributed by atoms with Gasteiger partial charge in [0.15, 0.2) is 0 Å². The number of anilines is 1. The zero-order valence-electron chi connectivity index (χ0n) is 25.1. The average molecular weight is 609 g/mol. The molecule has 2 heterocycles. The number of rotatable bonds is 11. The number of hydrogen-bond acceptors (Lipinski definition) is 7. The molecular weight excluding hydrogens is 572 g/mol. The maximum Gasteiger partial charge on any atom is 0.271 e. The van der Waals surface area contributed by atoms with Crippen molar-refractivity contribution in [2.45, 2.75) is 45.1 Å². The second-order valence-corrected chi connectivity index (χ2v) is 11.9. The number of nitrogens with zero attached hydrogens (tertiary/aromatic N) is 2. The zero-order chi connectivity index (χ0) is 31.5. The molecule has 1 aliphatic carbocycles. The number of carbonyl (C=O) groups excluding carboxylic acids is 2. The predicted octanol–water partition coefficient (Wildman–Crippen LogP) is 6.86. The number of hydrogen-bond donors (Lipinski definition) is 1. The summed E-state index contributed by atoms with van der Waals surface area (Å²) in [5.74, 6) is -1.20. The van der Waals surface area contributed by atoms with Crippen molar-refractivity contribution in [2.75, 3.05) is 18.1 Å². The van der Waals surface area contributed by atoms with Gasteiger partial charge in [0.05, 0.1) is 35.2 Å². The molecule has 3 aromatic rings. The second kappa shape index (κ2) is 13.1. The monoisotopic (exact) mass is 608 g/mol. The third kappa shape index (κ3) is 6.26. The Labute approximate surface area is 261 Å². The van der Waals surface area contributed by atoms with Crippen molar-refractivity contribution in [1.29, 1.82) is 0 Å². The number of non-ortho nitro benzene ring substituents is 1. The molecule has 45 heavy (non-hydrogen) atoms. The Bertz CT molecular complexity index is 1650. The summed E-state index contributed by atoms with van der Waals surface area (Å²) in [5, 5.41) is 21.1. The van der Waals surface area contributed by atoms with Gasteiger partial charge in [-0.25, -0.2) is 4.90 Å². The number of aromatic hydroxyl groups is 1. The molecule has 232 valence electrons. The lowest BCUT2D eigenvalue weighted by Gasteiger charge is -2.31. The first-order chi connectivity index (χ1) is 21.8. The predicted molar refractivity (Wildman–Crippen MR) is 170 cm³/mol. The van der Waals surface area contributed by atoms with Gasteiger partial charge in [-0.1, -0.05) is 61.4 Å². The summed E-state index contributed by atoms with van der Waals surface area (Å²) < 4.78 is 12.6. The molecular formula is C36H36N2O7. The maximum absolute atomic E-state index is 13.9. The quantitative estimate of drug-likeness (QED) is 0.109. The van der Waals surface area contributed by atoms with Gasteiger partial charge in [0.1, 0.15) is 18.1 Å². The molecule has 1 N–H and O–H groups in total. The van der Waals surface area contributed by atoms with Crippen LogP contribution in [-0.2, 0) is 14.3 Å². The van der Waals surface area contributed by atoms with Crippen molar-refractivity contribution < 1.29 is 29.1 Å². The van der Waals surface area contributed by atoms with Crippen molar-refractivity contribution in [2.24, 2.45) is 17.8 Å². The van der Waals surface area contributed by atoms with Crippen LogP contribution in [0.5, 0.6) is 11.5 Å². The van der Waals surface area contributed by atoms with E-state index in [-0.39, 0.29) is 47.6 Å². The molecule has 0 unspecified atom stereocenters. The van der Waals surface area contributed by atoms with Gasteiger partial charge in [0, 0.05) is 18.1 Å². The molecule has 2 amide bonds. The summed E-state index contributed by atoms with van der Waals surface area (Å²) in [4.78, 5) is 39.8. The highest BCUT2D eigenvalue weighted by molar-refractivity contribution is 6.22.